The van der Waals surface area contributed by atoms with E-state index in [1.165, 1.54) is 51.4 Å². The number of nitrogens with two attached hydrogens (primary N) is 1. The molecule has 2 unspecified atom stereocenters. The van der Waals surface area contributed by atoms with E-state index in [0.717, 1.165) is 12.8 Å². The highest BCUT2D eigenvalue weighted by Crippen LogP contribution is 2.18. The van der Waals surface area contributed by atoms with E-state index in [2.05, 4.69) is 13.8 Å². The standard InChI is InChI=1S/C17H35NO2/c1-15(2)19-13-14-20-17-12-10-8-6-4-3-5-7-9-11-16(17)18/h15-17H,3-14,18H2,1-2H3. The average molecular weight is 285 g/mol. The third-order valence-corrected chi connectivity index (χ3v) is 4.12. The van der Waals surface area contributed by atoms with Gasteiger partial charge < -0.3 is 15.2 Å². The van der Waals surface area contributed by atoms with E-state index in [-0.39, 0.29) is 18.2 Å². The van der Waals surface area contributed by atoms with Gasteiger partial charge in [0, 0.05) is 6.04 Å². The number of hydrogen-bond donors (Lipinski definition) is 1. The van der Waals surface area contributed by atoms with Crippen LogP contribution in [0.15, 0.2) is 0 Å². The zero-order valence-electron chi connectivity index (χ0n) is 13.6. The Hall–Kier alpha value is -0.120. The minimum absolute atomic E-state index is 0.202. The average Bonchev–Trinajstić information content (AvgIpc) is 2.40. The van der Waals surface area contributed by atoms with Crippen molar-refractivity contribution >= 4 is 0 Å². The lowest BCUT2D eigenvalue weighted by Crippen LogP contribution is -2.37. The van der Waals surface area contributed by atoms with E-state index in [9.17, 15) is 0 Å². The van der Waals surface area contributed by atoms with Crippen molar-refractivity contribution in [3.05, 3.63) is 0 Å². The monoisotopic (exact) mass is 285 g/mol. The van der Waals surface area contributed by atoms with Gasteiger partial charge in [0.15, 0.2) is 0 Å². The van der Waals surface area contributed by atoms with Gasteiger partial charge in [-0.25, -0.2) is 0 Å². The molecule has 0 amide bonds. The van der Waals surface area contributed by atoms with Crippen LogP contribution in [0.1, 0.15) is 78.1 Å². The Labute approximate surface area is 125 Å². The van der Waals surface area contributed by atoms with Crippen molar-refractivity contribution in [2.45, 2.75) is 96.3 Å². The second kappa shape index (κ2) is 11.5. The molecule has 0 radical (unpaired) electrons. The molecule has 3 nitrogen and oxygen atoms in total. The lowest BCUT2D eigenvalue weighted by molar-refractivity contribution is -0.0255. The number of hydrogen-bond acceptors (Lipinski definition) is 3. The second-order valence-electron chi connectivity index (χ2n) is 6.40. The summed E-state index contributed by atoms with van der Waals surface area (Å²) in [4.78, 5) is 0. The molecule has 1 rings (SSSR count). The molecule has 0 aromatic heterocycles. The number of rotatable bonds is 5. The fraction of sp³-hybridized carbons (Fsp3) is 1.00. The molecule has 0 aliphatic heterocycles. The minimum atomic E-state index is 0.202. The van der Waals surface area contributed by atoms with Crippen molar-refractivity contribution in [1.29, 1.82) is 0 Å². The van der Waals surface area contributed by atoms with Gasteiger partial charge in [0.05, 0.1) is 25.4 Å². The van der Waals surface area contributed by atoms with E-state index in [0.29, 0.717) is 13.2 Å². The maximum atomic E-state index is 6.34. The second-order valence-corrected chi connectivity index (χ2v) is 6.40. The van der Waals surface area contributed by atoms with Crippen LogP contribution in [-0.2, 0) is 9.47 Å². The highest BCUT2D eigenvalue weighted by molar-refractivity contribution is 4.74. The van der Waals surface area contributed by atoms with Crippen LogP contribution in [0, 0.1) is 0 Å². The Morgan fingerprint density at radius 3 is 2.00 bits per heavy atom. The fourth-order valence-corrected chi connectivity index (χ4v) is 2.88. The first-order chi connectivity index (χ1) is 9.70. The molecule has 0 bridgehead atoms. The first-order valence-electron chi connectivity index (χ1n) is 8.69. The van der Waals surface area contributed by atoms with E-state index >= 15 is 0 Å². The van der Waals surface area contributed by atoms with Gasteiger partial charge in [0.2, 0.25) is 0 Å². The summed E-state index contributed by atoms with van der Waals surface area (Å²) < 4.78 is 11.5. The minimum Gasteiger partial charge on any atom is -0.376 e. The maximum absolute atomic E-state index is 6.34. The number of ether oxygens (including phenoxy) is 2. The SMILES string of the molecule is CC(C)OCCOC1CCCCCCCCCCC1N. The van der Waals surface area contributed by atoms with Gasteiger partial charge in [0.25, 0.3) is 0 Å². The van der Waals surface area contributed by atoms with Crippen LogP contribution < -0.4 is 5.73 Å². The molecule has 1 aliphatic carbocycles. The fourth-order valence-electron chi connectivity index (χ4n) is 2.88. The van der Waals surface area contributed by atoms with Crippen molar-refractivity contribution < 1.29 is 9.47 Å². The molecular weight excluding hydrogens is 250 g/mol. The molecule has 2 N–H and O–H groups in total. The summed E-state index contributed by atoms with van der Waals surface area (Å²) in [6, 6.07) is 0.202. The van der Waals surface area contributed by atoms with Gasteiger partial charge in [-0.1, -0.05) is 51.4 Å². The van der Waals surface area contributed by atoms with Crippen LogP contribution in [0.3, 0.4) is 0 Å². The van der Waals surface area contributed by atoms with E-state index in [1.807, 2.05) is 0 Å². The Balaban J connectivity index is 2.28. The van der Waals surface area contributed by atoms with E-state index in [1.54, 1.807) is 0 Å². The largest absolute Gasteiger partial charge is 0.376 e. The van der Waals surface area contributed by atoms with Gasteiger partial charge in [-0.2, -0.15) is 0 Å². The molecule has 0 saturated heterocycles. The molecule has 3 heteroatoms. The quantitative estimate of drug-likeness (QED) is 0.775. The van der Waals surface area contributed by atoms with Crippen LogP contribution in [0.2, 0.25) is 0 Å². The first kappa shape index (κ1) is 17.9. The molecule has 20 heavy (non-hydrogen) atoms. The predicted molar refractivity (Wildman–Crippen MR) is 85.0 cm³/mol. The molecule has 0 spiro atoms. The normalized spacial score (nSPS) is 27.0. The van der Waals surface area contributed by atoms with Crippen LogP contribution in [0.4, 0.5) is 0 Å². The predicted octanol–water partition coefficient (Wildman–Crippen LogP) is 4.04. The smallest absolute Gasteiger partial charge is 0.0727 e. The summed E-state index contributed by atoms with van der Waals surface area (Å²) in [6.07, 6.45) is 13.5. The van der Waals surface area contributed by atoms with Gasteiger partial charge in [0.1, 0.15) is 0 Å². The summed E-state index contributed by atoms with van der Waals surface area (Å²) in [7, 11) is 0. The summed E-state index contributed by atoms with van der Waals surface area (Å²) in [5.74, 6) is 0. The summed E-state index contributed by atoms with van der Waals surface area (Å²) in [5.41, 5.74) is 6.34. The summed E-state index contributed by atoms with van der Waals surface area (Å²) >= 11 is 0. The Morgan fingerprint density at radius 1 is 0.850 bits per heavy atom. The molecule has 1 fully saturated rings. The molecule has 120 valence electrons. The maximum Gasteiger partial charge on any atom is 0.0727 e. The lowest BCUT2D eigenvalue weighted by Gasteiger charge is -2.25. The molecule has 1 aliphatic rings. The Kier molecular flexibility index (Phi) is 10.3. The molecule has 0 aromatic rings. The lowest BCUT2D eigenvalue weighted by atomic mass is 9.96. The molecule has 2 atom stereocenters. The van der Waals surface area contributed by atoms with Crippen molar-refractivity contribution in [3.8, 4) is 0 Å². The van der Waals surface area contributed by atoms with Gasteiger partial charge >= 0.3 is 0 Å². The summed E-state index contributed by atoms with van der Waals surface area (Å²) in [6.45, 7) is 5.47. The summed E-state index contributed by atoms with van der Waals surface area (Å²) in [5, 5.41) is 0. The highest BCUT2D eigenvalue weighted by atomic mass is 16.5. The van der Waals surface area contributed by atoms with E-state index < -0.39 is 0 Å². The van der Waals surface area contributed by atoms with Crippen molar-refractivity contribution in [1.82, 2.24) is 0 Å². The molecule has 1 saturated carbocycles. The highest BCUT2D eigenvalue weighted by Gasteiger charge is 2.18. The Morgan fingerprint density at radius 2 is 1.40 bits per heavy atom. The van der Waals surface area contributed by atoms with Crippen molar-refractivity contribution in [2.75, 3.05) is 13.2 Å². The van der Waals surface area contributed by atoms with Crippen LogP contribution >= 0.6 is 0 Å². The van der Waals surface area contributed by atoms with Crippen LogP contribution in [0.25, 0.3) is 0 Å². The van der Waals surface area contributed by atoms with E-state index in [4.69, 9.17) is 15.2 Å². The van der Waals surface area contributed by atoms with Gasteiger partial charge in [-0.15, -0.1) is 0 Å². The topological polar surface area (TPSA) is 44.5 Å². The molecule has 0 aromatic carbocycles. The van der Waals surface area contributed by atoms with Crippen LogP contribution in [-0.4, -0.2) is 31.5 Å². The first-order valence-corrected chi connectivity index (χ1v) is 8.69. The van der Waals surface area contributed by atoms with Crippen molar-refractivity contribution in [3.63, 3.8) is 0 Å². The van der Waals surface area contributed by atoms with Gasteiger partial charge in [-0.05, 0) is 26.7 Å². The van der Waals surface area contributed by atoms with Crippen molar-refractivity contribution in [2.24, 2.45) is 5.73 Å². The van der Waals surface area contributed by atoms with Crippen LogP contribution in [0.5, 0.6) is 0 Å². The third-order valence-electron chi connectivity index (χ3n) is 4.12. The van der Waals surface area contributed by atoms with Gasteiger partial charge in [-0.3, -0.25) is 0 Å². The Bertz CT molecular complexity index is 221. The molecular formula is C17H35NO2. The zero-order valence-corrected chi connectivity index (χ0v) is 13.6. The third kappa shape index (κ3) is 8.93. The molecule has 0 heterocycles. The zero-order chi connectivity index (χ0) is 14.6.